The molecule has 0 bridgehead atoms. The van der Waals surface area contributed by atoms with Crippen molar-refractivity contribution in [2.24, 2.45) is 17.8 Å². The van der Waals surface area contributed by atoms with E-state index >= 15 is 0 Å². The number of aliphatic hydroxyl groups is 1. The van der Waals surface area contributed by atoms with Gasteiger partial charge in [-0.15, -0.1) is 0 Å². The number of aliphatic hydroxyl groups excluding tert-OH is 1. The van der Waals surface area contributed by atoms with Gasteiger partial charge in [-0.1, -0.05) is 20.3 Å². The summed E-state index contributed by atoms with van der Waals surface area (Å²) in [4.78, 5) is 11.6. The van der Waals surface area contributed by atoms with Gasteiger partial charge in [-0.25, -0.2) is 0 Å². The smallest absolute Gasteiger partial charge is 0.225 e. The Morgan fingerprint density at radius 2 is 2.14 bits per heavy atom. The second kappa shape index (κ2) is 5.35. The first-order chi connectivity index (χ1) is 6.65. The molecule has 0 radical (unpaired) electrons. The van der Waals surface area contributed by atoms with Crippen LogP contribution in [-0.2, 0) is 4.79 Å². The van der Waals surface area contributed by atoms with Crippen molar-refractivity contribution in [1.29, 1.82) is 0 Å². The van der Waals surface area contributed by atoms with E-state index in [0.717, 1.165) is 6.54 Å². The van der Waals surface area contributed by atoms with E-state index in [-0.39, 0.29) is 24.3 Å². The number of carbonyl (C=O) groups excluding carboxylic acids is 1. The van der Waals surface area contributed by atoms with Gasteiger partial charge in [0.25, 0.3) is 0 Å². The lowest BCUT2D eigenvalue weighted by Gasteiger charge is -2.26. The Hall–Kier alpha value is -0.570. The van der Waals surface area contributed by atoms with Crippen LogP contribution in [0.2, 0.25) is 0 Å². The van der Waals surface area contributed by atoms with Crippen molar-refractivity contribution in [3.63, 3.8) is 0 Å². The first-order valence-electron chi connectivity index (χ1n) is 5.53. The minimum Gasteiger partial charge on any atom is -0.396 e. The van der Waals surface area contributed by atoms with Crippen molar-refractivity contribution in [2.75, 3.05) is 13.2 Å². The van der Waals surface area contributed by atoms with Gasteiger partial charge in [-0.3, -0.25) is 4.79 Å². The standard InChI is InChI=1S/C11H21NO2/c1-8(2)10(7-13)11(14)12-6-9-4-3-5-9/h8-10,13H,3-7H2,1-2H3,(H,12,14). The fourth-order valence-electron chi connectivity index (χ4n) is 1.67. The van der Waals surface area contributed by atoms with Crippen LogP contribution in [0.5, 0.6) is 0 Å². The highest BCUT2D eigenvalue weighted by Crippen LogP contribution is 2.25. The molecule has 0 aromatic carbocycles. The van der Waals surface area contributed by atoms with E-state index in [1.165, 1.54) is 19.3 Å². The lowest BCUT2D eigenvalue weighted by atomic mass is 9.85. The fraction of sp³-hybridized carbons (Fsp3) is 0.909. The second-order valence-corrected chi connectivity index (χ2v) is 4.58. The Kier molecular flexibility index (Phi) is 4.39. The van der Waals surface area contributed by atoms with E-state index in [4.69, 9.17) is 5.11 Å². The summed E-state index contributed by atoms with van der Waals surface area (Å²) in [6, 6.07) is 0. The van der Waals surface area contributed by atoms with Crippen molar-refractivity contribution in [3.05, 3.63) is 0 Å². The molecular formula is C11H21NO2. The summed E-state index contributed by atoms with van der Waals surface area (Å²) >= 11 is 0. The zero-order valence-corrected chi connectivity index (χ0v) is 9.12. The van der Waals surface area contributed by atoms with E-state index in [1.807, 2.05) is 13.8 Å². The van der Waals surface area contributed by atoms with E-state index < -0.39 is 0 Å². The first-order valence-corrected chi connectivity index (χ1v) is 5.53. The quantitative estimate of drug-likeness (QED) is 0.698. The molecule has 0 aromatic rings. The molecule has 1 fully saturated rings. The number of carbonyl (C=O) groups is 1. The third-order valence-corrected chi connectivity index (χ3v) is 3.13. The van der Waals surface area contributed by atoms with Gasteiger partial charge in [0, 0.05) is 6.54 Å². The topological polar surface area (TPSA) is 49.3 Å². The fourth-order valence-corrected chi connectivity index (χ4v) is 1.67. The molecule has 0 spiro atoms. The van der Waals surface area contributed by atoms with E-state index in [1.54, 1.807) is 0 Å². The van der Waals surface area contributed by atoms with Crippen LogP contribution in [0.25, 0.3) is 0 Å². The highest BCUT2D eigenvalue weighted by atomic mass is 16.3. The van der Waals surface area contributed by atoms with E-state index in [2.05, 4.69) is 5.32 Å². The molecule has 2 N–H and O–H groups in total. The lowest BCUT2D eigenvalue weighted by Crippen LogP contribution is -2.39. The molecule has 3 nitrogen and oxygen atoms in total. The van der Waals surface area contributed by atoms with Gasteiger partial charge in [0.2, 0.25) is 5.91 Å². The predicted octanol–water partition coefficient (Wildman–Crippen LogP) is 1.17. The molecule has 0 aromatic heterocycles. The Labute approximate surface area is 85.9 Å². The summed E-state index contributed by atoms with van der Waals surface area (Å²) in [5.74, 6) is 0.663. The Bertz CT molecular complexity index is 188. The van der Waals surface area contributed by atoms with Crippen LogP contribution in [0.3, 0.4) is 0 Å². The Morgan fingerprint density at radius 3 is 2.50 bits per heavy atom. The lowest BCUT2D eigenvalue weighted by molar-refractivity contribution is -0.128. The molecule has 1 unspecified atom stereocenters. The molecular weight excluding hydrogens is 178 g/mol. The maximum absolute atomic E-state index is 11.6. The van der Waals surface area contributed by atoms with E-state index in [9.17, 15) is 4.79 Å². The summed E-state index contributed by atoms with van der Waals surface area (Å²) in [6.45, 7) is 4.67. The highest BCUT2D eigenvalue weighted by Gasteiger charge is 2.23. The highest BCUT2D eigenvalue weighted by molar-refractivity contribution is 5.78. The molecule has 1 aliphatic rings. The number of hydrogen-bond acceptors (Lipinski definition) is 2. The van der Waals surface area contributed by atoms with Crippen LogP contribution < -0.4 is 5.32 Å². The van der Waals surface area contributed by atoms with Gasteiger partial charge in [0.1, 0.15) is 0 Å². The predicted molar refractivity (Wildman–Crippen MR) is 55.8 cm³/mol. The van der Waals surface area contributed by atoms with Crippen LogP contribution in [-0.4, -0.2) is 24.2 Å². The molecule has 0 heterocycles. The molecule has 14 heavy (non-hydrogen) atoms. The van der Waals surface area contributed by atoms with Crippen LogP contribution >= 0.6 is 0 Å². The zero-order chi connectivity index (χ0) is 10.6. The third-order valence-electron chi connectivity index (χ3n) is 3.13. The molecule has 1 atom stereocenters. The van der Waals surface area contributed by atoms with Gasteiger partial charge in [0.05, 0.1) is 12.5 Å². The number of rotatable bonds is 5. The summed E-state index contributed by atoms with van der Waals surface area (Å²) in [7, 11) is 0. The Morgan fingerprint density at radius 1 is 1.50 bits per heavy atom. The van der Waals surface area contributed by atoms with Gasteiger partial charge < -0.3 is 10.4 Å². The SMILES string of the molecule is CC(C)C(CO)C(=O)NCC1CCC1. The van der Waals surface area contributed by atoms with E-state index in [0.29, 0.717) is 5.92 Å². The van der Waals surface area contributed by atoms with Crippen molar-refractivity contribution < 1.29 is 9.90 Å². The first kappa shape index (κ1) is 11.5. The molecule has 1 amide bonds. The monoisotopic (exact) mass is 199 g/mol. The van der Waals surface area contributed by atoms with Gasteiger partial charge in [-0.2, -0.15) is 0 Å². The summed E-state index contributed by atoms with van der Waals surface area (Å²) in [5.41, 5.74) is 0. The number of hydrogen-bond donors (Lipinski definition) is 2. The van der Waals surface area contributed by atoms with Crippen molar-refractivity contribution in [3.8, 4) is 0 Å². The van der Waals surface area contributed by atoms with Crippen LogP contribution in [0, 0.1) is 17.8 Å². The normalized spacial score (nSPS) is 19.1. The molecule has 82 valence electrons. The summed E-state index contributed by atoms with van der Waals surface area (Å²) in [5, 5.41) is 12.0. The second-order valence-electron chi connectivity index (χ2n) is 4.58. The van der Waals surface area contributed by atoms with Gasteiger partial charge >= 0.3 is 0 Å². The molecule has 3 heteroatoms. The molecule has 0 saturated heterocycles. The average molecular weight is 199 g/mol. The maximum Gasteiger partial charge on any atom is 0.225 e. The summed E-state index contributed by atoms with van der Waals surface area (Å²) < 4.78 is 0. The molecule has 1 saturated carbocycles. The third kappa shape index (κ3) is 2.98. The molecule has 1 aliphatic carbocycles. The van der Waals surface area contributed by atoms with Gasteiger partial charge in [0.15, 0.2) is 0 Å². The van der Waals surface area contributed by atoms with Crippen molar-refractivity contribution in [1.82, 2.24) is 5.32 Å². The van der Waals surface area contributed by atoms with Crippen LogP contribution in [0.4, 0.5) is 0 Å². The summed E-state index contributed by atoms with van der Waals surface area (Å²) in [6.07, 6.45) is 3.78. The Balaban J connectivity index is 2.24. The number of nitrogens with one attached hydrogen (secondary N) is 1. The van der Waals surface area contributed by atoms with Crippen LogP contribution in [0.1, 0.15) is 33.1 Å². The molecule has 1 rings (SSSR count). The van der Waals surface area contributed by atoms with Gasteiger partial charge in [-0.05, 0) is 24.7 Å². The van der Waals surface area contributed by atoms with Crippen molar-refractivity contribution in [2.45, 2.75) is 33.1 Å². The zero-order valence-electron chi connectivity index (χ0n) is 9.12. The minimum atomic E-state index is -0.241. The van der Waals surface area contributed by atoms with Crippen LogP contribution in [0.15, 0.2) is 0 Å². The minimum absolute atomic E-state index is 0.00870. The molecule has 0 aliphatic heterocycles. The largest absolute Gasteiger partial charge is 0.396 e. The maximum atomic E-state index is 11.6. The van der Waals surface area contributed by atoms with Crippen molar-refractivity contribution >= 4 is 5.91 Å². The average Bonchev–Trinajstić information content (AvgIpc) is 2.01. The number of amides is 1.